The number of nitrogens with zero attached hydrogens (tertiary/aromatic N) is 3. The van der Waals surface area contributed by atoms with Gasteiger partial charge in [-0.1, -0.05) is 23.3 Å². The first kappa shape index (κ1) is 12.2. The van der Waals surface area contributed by atoms with Crippen molar-refractivity contribution in [1.82, 2.24) is 0 Å². The summed E-state index contributed by atoms with van der Waals surface area (Å²) in [6.45, 7) is 1.88. The molecule has 84 valence electrons. The van der Waals surface area contributed by atoms with Gasteiger partial charge in [0.05, 0.1) is 0 Å². The number of hydrogen-bond acceptors (Lipinski definition) is 1. The molecule has 0 bridgehead atoms. The second-order valence-electron chi connectivity index (χ2n) is 3.22. The Balaban J connectivity index is 2.74. The van der Waals surface area contributed by atoms with Crippen molar-refractivity contribution in [2.45, 2.75) is 13.3 Å². The average molecular weight is 223 g/mol. The molecule has 1 aromatic rings. The average Bonchev–Trinajstić information content (AvgIpc) is 2.28. The third-order valence-electron chi connectivity index (χ3n) is 2.14. The minimum Gasteiger partial charge on any atom is -0.204 e. The standard InChI is InChI=1S/C11H11F2N3/c1-8-9(4-2-3-7-15-16-14)5-6-10(12)11(8)13/h2,4-6H,3,7H2,1H3. The van der Waals surface area contributed by atoms with Crippen LogP contribution in [0.25, 0.3) is 16.5 Å². The maximum absolute atomic E-state index is 13.1. The van der Waals surface area contributed by atoms with Gasteiger partial charge in [-0.05, 0) is 36.1 Å². The summed E-state index contributed by atoms with van der Waals surface area (Å²) >= 11 is 0. The highest BCUT2D eigenvalue weighted by Crippen LogP contribution is 2.17. The molecule has 0 aliphatic carbocycles. The van der Waals surface area contributed by atoms with Gasteiger partial charge in [0, 0.05) is 11.5 Å². The quantitative estimate of drug-likeness (QED) is 0.321. The van der Waals surface area contributed by atoms with E-state index in [1.165, 1.54) is 13.0 Å². The van der Waals surface area contributed by atoms with Crippen LogP contribution >= 0.6 is 0 Å². The molecule has 0 unspecified atom stereocenters. The first-order chi connectivity index (χ1) is 7.66. The van der Waals surface area contributed by atoms with Crippen molar-refractivity contribution in [3.8, 4) is 0 Å². The Hall–Kier alpha value is -1.87. The third-order valence-corrected chi connectivity index (χ3v) is 2.14. The predicted molar refractivity (Wildman–Crippen MR) is 58.8 cm³/mol. The van der Waals surface area contributed by atoms with Crippen molar-refractivity contribution in [3.63, 3.8) is 0 Å². The molecule has 5 heteroatoms. The Kier molecular flexibility index (Phi) is 4.48. The van der Waals surface area contributed by atoms with Crippen LogP contribution in [0.1, 0.15) is 17.5 Å². The molecular formula is C11H11F2N3. The van der Waals surface area contributed by atoms with Crippen LogP contribution in [0.4, 0.5) is 8.78 Å². The smallest absolute Gasteiger partial charge is 0.162 e. The van der Waals surface area contributed by atoms with Crippen LogP contribution in [0.5, 0.6) is 0 Å². The number of rotatable bonds is 4. The van der Waals surface area contributed by atoms with Gasteiger partial charge in [-0.25, -0.2) is 8.78 Å². The number of azide groups is 1. The Labute approximate surface area is 92.0 Å². The zero-order valence-corrected chi connectivity index (χ0v) is 8.82. The molecule has 16 heavy (non-hydrogen) atoms. The van der Waals surface area contributed by atoms with Gasteiger partial charge in [0.25, 0.3) is 0 Å². The summed E-state index contributed by atoms with van der Waals surface area (Å²) < 4.78 is 25.9. The van der Waals surface area contributed by atoms with E-state index in [4.69, 9.17) is 5.53 Å². The second kappa shape index (κ2) is 5.88. The minimum absolute atomic E-state index is 0.278. The first-order valence-electron chi connectivity index (χ1n) is 4.79. The molecule has 0 aliphatic heterocycles. The van der Waals surface area contributed by atoms with E-state index in [1.54, 1.807) is 12.2 Å². The largest absolute Gasteiger partial charge is 0.204 e. The number of halogens is 2. The topological polar surface area (TPSA) is 48.8 Å². The molecular weight excluding hydrogens is 212 g/mol. The van der Waals surface area contributed by atoms with Crippen LogP contribution in [-0.2, 0) is 0 Å². The summed E-state index contributed by atoms with van der Waals surface area (Å²) in [5, 5.41) is 3.35. The SMILES string of the molecule is Cc1c(C=CCCN=[N+]=[N-])ccc(F)c1F. The van der Waals surface area contributed by atoms with Crippen molar-refractivity contribution < 1.29 is 8.78 Å². The van der Waals surface area contributed by atoms with Crippen molar-refractivity contribution in [2.75, 3.05) is 6.54 Å². The highest BCUT2D eigenvalue weighted by atomic mass is 19.2. The van der Waals surface area contributed by atoms with Crippen LogP contribution in [-0.4, -0.2) is 6.54 Å². The number of hydrogen-bond donors (Lipinski definition) is 0. The van der Waals surface area contributed by atoms with Crippen molar-refractivity contribution >= 4 is 6.08 Å². The molecule has 0 saturated carbocycles. The Bertz CT molecular complexity index is 449. The van der Waals surface area contributed by atoms with Gasteiger partial charge in [-0.3, -0.25) is 0 Å². The van der Waals surface area contributed by atoms with Crippen LogP contribution in [0.2, 0.25) is 0 Å². The molecule has 3 nitrogen and oxygen atoms in total. The summed E-state index contributed by atoms with van der Waals surface area (Å²) in [6, 6.07) is 2.60. The van der Waals surface area contributed by atoms with E-state index in [1.807, 2.05) is 0 Å². The molecule has 0 heterocycles. The van der Waals surface area contributed by atoms with Crippen molar-refractivity contribution in [3.05, 3.63) is 51.4 Å². The van der Waals surface area contributed by atoms with E-state index >= 15 is 0 Å². The molecule has 0 N–H and O–H groups in total. The van der Waals surface area contributed by atoms with Crippen LogP contribution in [0.3, 0.4) is 0 Å². The summed E-state index contributed by atoms with van der Waals surface area (Å²) in [4.78, 5) is 2.61. The molecule has 1 rings (SSSR count). The second-order valence-corrected chi connectivity index (χ2v) is 3.22. The predicted octanol–water partition coefficient (Wildman–Crippen LogP) is 3.99. The van der Waals surface area contributed by atoms with E-state index in [2.05, 4.69) is 10.0 Å². The molecule has 0 fully saturated rings. The van der Waals surface area contributed by atoms with Crippen molar-refractivity contribution in [1.29, 1.82) is 0 Å². The molecule has 0 amide bonds. The van der Waals surface area contributed by atoms with Gasteiger partial charge in [-0.15, -0.1) is 0 Å². The van der Waals surface area contributed by atoms with E-state index in [0.29, 0.717) is 18.5 Å². The monoisotopic (exact) mass is 223 g/mol. The van der Waals surface area contributed by atoms with Gasteiger partial charge >= 0.3 is 0 Å². The summed E-state index contributed by atoms with van der Waals surface area (Å²) in [5.41, 5.74) is 8.94. The fraction of sp³-hybridized carbons (Fsp3) is 0.273. The Morgan fingerprint density at radius 1 is 1.44 bits per heavy atom. The molecule has 0 radical (unpaired) electrons. The lowest BCUT2D eigenvalue weighted by Gasteiger charge is -2.02. The third kappa shape index (κ3) is 3.07. The fourth-order valence-electron chi connectivity index (χ4n) is 1.23. The van der Waals surface area contributed by atoms with Gasteiger partial charge < -0.3 is 0 Å². The number of benzene rings is 1. The Morgan fingerprint density at radius 3 is 2.88 bits per heavy atom. The van der Waals surface area contributed by atoms with Gasteiger partial charge in [-0.2, -0.15) is 0 Å². The zero-order chi connectivity index (χ0) is 12.0. The van der Waals surface area contributed by atoms with Gasteiger partial charge in [0.15, 0.2) is 11.6 Å². The molecule has 1 aromatic carbocycles. The van der Waals surface area contributed by atoms with E-state index in [0.717, 1.165) is 6.07 Å². The molecule has 0 saturated heterocycles. The fourth-order valence-corrected chi connectivity index (χ4v) is 1.23. The lowest BCUT2D eigenvalue weighted by atomic mass is 10.1. The first-order valence-corrected chi connectivity index (χ1v) is 4.79. The van der Waals surface area contributed by atoms with Gasteiger partial charge in [0.2, 0.25) is 0 Å². The molecule has 0 atom stereocenters. The molecule has 0 spiro atoms. The van der Waals surface area contributed by atoms with Crippen molar-refractivity contribution in [2.24, 2.45) is 5.11 Å². The van der Waals surface area contributed by atoms with Crippen LogP contribution in [0, 0.1) is 18.6 Å². The minimum atomic E-state index is -0.844. The van der Waals surface area contributed by atoms with Crippen LogP contribution in [0.15, 0.2) is 23.3 Å². The maximum Gasteiger partial charge on any atom is 0.162 e. The lowest BCUT2D eigenvalue weighted by Crippen LogP contribution is -1.91. The lowest BCUT2D eigenvalue weighted by molar-refractivity contribution is 0.503. The van der Waals surface area contributed by atoms with E-state index in [-0.39, 0.29) is 5.56 Å². The summed E-state index contributed by atoms with van der Waals surface area (Å²) in [7, 11) is 0. The highest BCUT2D eigenvalue weighted by molar-refractivity contribution is 5.53. The van der Waals surface area contributed by atoms with E-state index in [9.17, 15) is 8.78 Å². The molecule has 0 aliphatic rings. The zero-order valence-electron chi connectivity index (χ0n) is 8.82. The van der Waals surface area contributed by atoms with Crippen LogP contribution < -0.4 is 0 Å². The highest BCUT2D eigenvalue weighted by Gasteiger charge is 2.06. The van der Waals surface area contributed by atoms with Gasteiger partial charge in [0.1, 0.15) is 0 Å². The maximum atomic E-state index is 13.1. The molecule has 0 aromatic heterocycles. The Morgan fingerprint density at radius 2 is 2.19 bits per heavy atom. The summed E-state index contributed by atoms with van der Waals surface area (Å²) in [5.74, 6) is -1.67. The normalized spacial score (nSPS) is 10.4. The van der Waals surface area contributed by atoms with E-state index < -0.39 is 11.6 Å². The summed E-state index contributed by atoms with van der Waals surface area (Å²) in [6.07, 6.45) is 4.02.